The van der Waals surface area contributed by atoms with Crippen molar-refractivity contribution in [1.82, 2.24) is 4.40 Å². The first-order chi connectivity index (χ1) is 8.16. The molecule has 4 nitrogen and oxygen atoms in total. The van der Waals surface area contributed by atoms with Crippen molar-refractivity contribution < 1.29 is 4.92 Å². The lowest BCUT2D eigenvalue weighted by atomic mass is 10.2. The Morgan fingerprint density at radius 3 is 2.71 bits per heavy atom. The second-order valence-electron chi connectivity index (χ2n) is 3.34. The smallest absolute Gasteiger partial charge is 0.243 e. The molecule has 2 heterocycles. The van der Waals surface area contributed by atoms with Crippen molar-refractivity contribution in [2.45, 2.75) is 20.8 Å². The summed E-state index contributed by atoms with van der Waals surface area (Å²) < 4.78 is 1.96. The summed E-state index contributed by atoms with van der Waals surface area (Å²) in [4.78, 5) is 10.1. The largest absolute Gasteiger partial charge is 0.324 e. The van der Waals surface area contributed by atoms with Gasteiger partial charge in [0.05, 0.1) is 4.92 Å². The van der Waals surface area contributed by atoms with Gasteiger partial charge in [0.1, 0.15) is 0 Å². The molecule has 90 valence electrons. The summed E-state index contributed by atoms with van der Waals surface area (Å²) in [5.41, 5.74) is 2.02. The van der Waals surface area contributed by atoms with Gasteiger partial charge in [0, 0.05) is 30.9 Å². The Morgan fingerprint density at radius 1 is 1.35 bits per heavy atom. The van der Waals surface area contributed by atoms with Crippen LogP contribution in [0.3, 0.4) is 0 Å². The van der Waals surface area contributed by atoms with E-state index in [2.05, 4.69) is 0 Å². The number of fused-ring (bicyclic) bond motifs is 1. The van der Waals surface area contributed by atoms with Gasteiger partial charge in [-0.2, -0.15) is 0 Å². The van der Waals surface area contributed by atoms with E-state index in [1.54, 1.807) is 6.08 Å². The van der Waals surface area contributed by atoms with Gasteiger partial charge in [0.25, 0.3) is 0 Å². The predicted molar refractivity (Wildman–Crippen MR) is 69.4 cm³/mol. The van der Waals surface area contributed by atoms with E-state index in [1.807, 2.05) is 54.9 Å². The van der Waals surface area contributed by atoms with Gasteiger partial charge in [0.15, 0.2) is 0 Å². The number of allylic oxidation sites excluding steroid dienone is 1. The van der Waals surface area contributed by atoms with Gasteiger partial charge in [-0.05, 0) is 29.8 Å². The van der Waals surface area contributed by atoms with E-state index < -0.39 is 0 Å². The molecule has 2 rings (SSSR count). The molecule has 0 fully saturated rings. The topological polar surface area (TPSA) is 47.5 Å². The molecule has 0 aliphatic heterocycles. The van der Waals surface area contributed by atoms with Gasteiger partial charge in [-0.25, -0.2) is 0 Å². The Labute approximate surface area is 100 Å². The number of hydrogen-bond donors (Lipinski definition) is 0. The molecule has 2 aromatic heterocycles. The van der Waals surface area contributed by atoms with Crippen LogP contribution >= 0.6 is 0 Å². The van der Waals surface area contributed by atoms with Crippen LogP contribution in [0.25, 0.3) is 11.6 Å². The van der Waals surface area contributed by atoms with Crippen molar-refractivity contribution in [1.29, 1.82) is 0 Å². The second-order valence-corrected chi connectivity index (χ2v) is 3.34. The lowest BCUT2D eigenvalue weighted by molar-refractivity contribution is -0.422. The summed E-state index contributed by atoms with van der Waals surface area (Å²) >= 11 is 0. The Bertz CT molecular complexity index is 541. The van der Waals surface area contributed by atoms with Crippen LogP contribution in [0, 0.1) is 10.1 Å². The summed E-state index contributed by atoms with van der Waals surface area (Å²) in [6.07, 6.45) is 5.38. The van der Waals surface area contributed by atoms with Crippen LogP contribution < -0.4 is 0 Å². The van der Waals surface area contributed by atoms with E-state index in [0.29, 0.717) is 0 Å². The van der Waals surface area contributed by atoms with Crippen LogP contribution in [0.4, 0.5) is 0 Å². The molecular weight excluding hydrogens is 216 g/mol. The summed E-state index contributed by atoms with van der Waals surface area (Å²) in [5.74, 6) is 0. The lowest BCUT2D eigenvalue weighted by Crippen LogP contribution is -1.93. The molecule has 0 N–H and O–H groups in total. The van der Waals surface area contributed by atoms with Gasteiger partial charge in [-0.3, -0.25) is 10.1 Å². The molecule has 0 radical (unpaired) electrons. The Balaban J connectivity index is 0.000000686. The monoisotopic (exact) mass is 232 g/mol. The maximum absolute atomic E-state index is 10.4. The van der Waals surface area contributed by atoms with Crippen LogP contribution in [0.2, 0.25) is 0 Å². The number of nitrogens with zero attached hydrogens (tertiary/aromatic N) is 2. The highest BCUT2D eigenvalue weighted by Gasteiger charge is 2.02. The zero-order valence-corrected chi connectivity index (χ0v) is 10.3. The molecule has 0 amide bonds. The molecule has 0 aliphatic carbocycles. The van der Waals surface area contributed by atoms with Crippen molar-refractivity contribution in [3.63, 3.8) is 0 Å². The summed E-state index contributed by atoms with van der Waals surface area (Å²) in [6.45, 7) is 5.49. The maximum atomic E-state index is 10.4. The molecule has 0 spiro atoms. The second kappa shape index (κ2) is 5.84. The number of aromatic nitrogens is 1. The van der Waals surface area contributed by atoms with Crippen molar-refractivity contribution >= 4 is 11.6 Å². The third kappa shape index (κ3) is 3.17. The van der Waals surface area contributed by atoms with Crippen molar-refractivity contribution in [3.05, 3.63) is 58.0 Å². The quantitative estimate of drug-likeness (QED) is 0.586. The van der Waals surface area contributed by atoms with E-state index in [4.69, 9.17) is 0 Å². The number of pyridine rings is 1. The van der Waals surface area contributed by atoms with Gasteiger partial charge >= 0.3 is 0 Å². The Morgan fingerprint density at radius 2 is 2.06 bits per heavy atom. The molecule has 0 unspecified atom stereocenters. The fraction of sp³-hybridized carbons (Fsp3) is 0.231. The van der Waals surface area contributed by atoms with Gasteiger partial charge < -0.3 is 4.40 Å². The number of nitro groups is 1. The lowest BCUT2D eigenvalue weighted by Gasteiger charge is -1.97. The van der Waals surface area contributed by atoms with E-state index in [0.717, 1.165) is 11.1 Å². The molecule has 2 aromatic rings. The summed E-state index contributed by atoms with van der Waals surface area (Å²) in [6, 6.07) is 7.65. The average Bonchev–Trinajstić information content (AvgIpc) is 2.78. The van der Waals surface area contributed by atoms with Crippen LogP contribution in [-0.2, 0) is 0 Å². The zero-order chi connectivity index (χ0) is 12.8. The highest BCUT2D eigenvalue weighted by molar-refractivity contribution is 5.59. The molecule has 0 aliphatic rings. The van der Waals surface area contributed by atoms with Crippen LogP contribution in [0.1, 0.15) is 26.3 Å². The normalized spacial score (nSPS) is 10.9. The minimum Gasteiger partial charge on any atom is -0.324 e. The first-order valence-corrected chi connectivity index (χ1v) is 5.56. The fourth-order valence-electron chi connectivity index (χ4n) is 1.43. The molecule has 0 bridgehead atoms. The minimum absolute atomic E-state index is 0.144. The summed E-state index contributed by atoms with van der Waals surface area (Å²) in [7, 11) is 0. The van der Waals surface area contributed by atoms with Crippen molar-refractivity contribution in [2.75, 3.05) is 0 Å². The average molecular weight is 232 g/mol. The molecule has 0 aromatic carbocycles. The maximum Gasteiger partial charge on any atom is 0.243 e. The van der Waals surface area contributed by atoms with E-state index in [-0.39, 0.29) is 10.6 Å². The molecule has 4 heteroatoms. The zero-order valence-electron chi connectivity index (χ0n) is 10.3. The Kier molecular flexibility index (Phi) is 4.46. The van der Waals surface area contributed by atoms with Gasteiger partial charge in [-0.15, -0.1) is 0 Å². The molecule has 0 saturated carbocycles. The van der Waals surface area contributed by atoms with Crippen molar-refractivity contribution in [3.8, 4) is 0 Å². The predicted octanol–water partition coefficient (Wildman–Crippen LogP) is 3.60. The van der Waals surface area contributed by atoms with Gasteiger partial charge in [0.2, 0.25) is 5.70 Å². The SMILES string of the molecule is C/C(=C\c1ccn2cccc2c1)[N+](=O)[O-].CC. The highest BCUT2D eigenvalue weighted by Crippen LogP contribution is 2.11. The van der Waals surface area contributed by atoms with Crippen LogP contribution in [0.5, 0.6) is 0 Å². The Hall–Kier alpha value is -2.10. The van der Waals surface area contributed by atoms with Crippen LogP contribution in [-0.4, -0.2) is 9.32 Å². The molecular formula is C13H16N2O2. The van der Waals surface area contributed by atoms with E-state index >= 15 is 0 Å². The molecule has 17 heavy (non-hydrogen) atoms. The third-order valence-electron chi connectivity index (χ3n) is 2.22. The highest BCUT2D eigenvalue weighted by atomic mass is 16.6. The van der Waals surface area contributed by atoms with E-state index in [1.165, 1.54) is 6.92 Å². The standard InChI is InChI=1S/C11H10N2O2.C2H6/c1-9(13(14)15)7-10-4-6-12-5-2-3-11(12)8-10;1-2/h2-8H,1H3;1-2H3/b9-7+;. The van der Waals surface area contributed by atoms with E-state index in [9.17, 15) is 10.1 Å². The first kappa shape index (κ1) is 13.0. The first-order valence-electron chi connectivity index (χ1n) is 5.56. The fourth-order valence-corrected chi connectivity index (χ4v) is 1.43. The molecule has 0 saturated heterocycles. The number of hydrogen-bond acceptors (Lipinski definition) is 2. The third-order valence-corrected chi connectivity index (χ3v) is 2.22. The van der Waals surface area contributed by atoms with Crippen molar-refractivity contribution in [2.24, 2.45) is 0 Å². The number of rotatable bonds is 2. The summed E-state index contributed by atoms with van der Waals surface area (Å²) in [5, 5.41) is 10.4. The molecule has 0 atom stereocenters. The minimum atomic E-state index is -0.387. The van der Waals surface area contributed by atoms with Gasteiger partial charge in [-0.1, -0.05) is 13.8 Å². The van der Waals surface area contributed by atoms with Crippen LogP contribution in [0.15, 0.2) is 42.4 Å².